The molecule has 3 nitrogen and oxygen atoms in total. The summed E-state index contributed by atoms with van der Waals surface area (Å²) in [6, 6.07) is 71.5. The van der Waals surface area contributed by atoms with Gasteiger partial charge in [0.1, 0.15) is 22.3 Å². The van der Waals surface area contributed by atoms with E-state index in [1.165, 1.54) is 31.3 Å². The molecule has 272 valence electrons. The van der Waals surface area contributed by atoms with E-state index in [9.17, 15) is 0 Å². The summed E-state index contributed by atoms with van der Waals surface area (Å²) in [6.07, 6.45) is 0. The highest BCUT2D eigenvalue weighted by Gasteiger charge is 2.18. The van der Waals surface area contributed by atoms with Crippen molar-refractivity contribution in [3.63, 3.8) is 0 Å². The Balaban J connectivity index is 0.936. The first-order chi connectivity index (χ1) is 28.7. The first kappa shape index (κ1) is 32.8. The zero-order chi connectivity index (χ0) is 38.2. The van der Waals surface area contributed by atoms with Gasteiger partial charge in [-0.1, -0.05) is 121 Å². The van der Waals surface area contributed by atoms with E-state index in [2.05, 4.69) is 187 Å². The van der Waals surface area contributed by atoms with Gasteiger partial charge in [-0.25, -0.2) is 0 Å². The summed E-state index contributed by atoms with van der Waals surface area (Å²) in [5, 5.41) is 7.08. The first-order valence-electron chi connectivity index (χ1n) is 19.6. The average Bonchev–Trinajstić information content (AvgIpc) is 3.98. The molecule has 0 unspecified atom stereocenters. The van der Waals surface area contributed by atoms with Crippen LogP contribution >= 0.6 is 11.3 Å². The molecule has 0 aliphatic rings. The van der Waals surface area contributed by atoms with Crippen LogP contribution in [0.4, 0.5) is 17.1 Å². The standard InChI is InChI=1S/C54H33NO2S/c1-2-9-36(10-3-1)42-13-8-14-46-47-31-37(21-29-50(47)57-54(42)46)34-17-23-39(24-18-34)55(41-27-28-44-43-11-4-6-15-49(43)56-51(44)33-41)40-25-19-35(20-26-40)38-22-30-53-48(32-38)45-12-5-7-16-52(45)58-53/h1-33H. The molecule has 0 aliphatic heterocycles. The number of anilines is 3. The van der Waals surface area contributed by atoms with Crippen LogP contribution in [0.15, 0.2) is 209 Å². The monoisotopic (exact) mass is 759 g/mol. The van der Waals surface area contributed by atoms with Crippen LogP contribution in [0.5, 0.6) is 0 Å². The van der Waals surface area contributed by atoms with Crippen LogP contribution in [0.2, 0.25) is 0 Å². The van der Waals surface area contributed by atoms with Gasteiger partial charge in [-0.3, -0.25) is 0 Å². The number of hydrogen-bond donors (Lipinski definition) is 0. The molecule has 0 aliphatic carbocycles. The predicted molar refractivity (Wildman–Crippen MR) is 245 cm³/mol. The number of fused-ring (bicyclic) bond motifs is 9. The molecule has 12 aromatic rings. The molecular formula is C54H33NO2S. The summed E-state index contributed by atoms with van der Waals surface area (Å²) in [5.41, 5.74) is 13.6. The SMILES string of the molecule is c1ccc(-c2cccc3c2oc2ccc(-c4ccc(N(c5ccc(-c6ccc7sc8ccccc8c7c6)cc5)c5ccc6c(c5)oc5ccccc56)cc4)cc23)cc1. The third kappa shape index (κ3) is 5.34. The molecule has 0 fully saturated rings. The number of furan rings is 2. The second-order valence-electron chi connectivity index (χ2n) is 14.9. The Morgan fingerprint density at radius 2 is 0.897 bits per heavy atom. The second kappa shape index (κ2) is 13.1. The lowest BCUT2D eigenvalue weighted by atomic mass is 10.00. The Bertz CT molecular complexity index is 3500. The molecule has 0 spiro atoms. The quantitative estimate of drug-likeness (QED) is 0.169. The van der Waals surface area contributed by atoms with Crippen molar-refractivity contribution in [2.75, 3.05) is 4.90 Å². The molecule has 0 saturated carbocycles. The molecule has 0 saturated heterocycles. The van der Waals surface area contributed by atoms with Gasteiger partial charge in [0.05, 0.1) is 0 Å². The molecule has 12 rings (SSSR count). The lowest BCUT2D eigenvalue weighted by Crippen LogP contribution is -2.09. The molecule has 0 atom stereocenters. The van der Waals surface area contributed by atoms with Crippen LogP contribution in [0.3, 0.4) is 0 Å². The van der Waals surface area contributed by atoms with Crippen molar-refractivity contribution in [3.8, 4) is 33.4 Å². The summed E-state index contributed by atoms with van der Waals surface area (Å²) in [7, 11) is 0. The third-order valence-electron chi connectivity index (χ3n) is 11.5. The highest BCUT2D eigenvalue weighted by molar-refractivity contribution is 7.25. The fraction of sp³-hybridized carbons (Fsp3) is 0. The molecule has 0 amide bonds. The van der Waals surface area contributed by atoms with E-state index < -0.39 is 0 Å². The van der Waals surface area contributed by atoms with Crippen LogP contribution in [0.1, 0.15) is 0 Å². The second-order valence-corrected chi connectivity index (χ2v) is 16.0. The predicted octanol–water partition coefficient (Wildman–Crippen LogP) is 16.3. The van der Waals surface area contributed by atoms with Crippen molar-refractivity contribution in [2.24, 2.45) is 0 Å². The van der Waals surface area contributed by atoms with Crippen LogP contribution in [-0.4, -0.2) is 0 Å². The number of benzene rings is 9. The van der Waals surface area contributed by atoms with Gasteiger partial charge in [-0.2, -0.15) is 0 Å². The van der Waals surface area contributed by atoms with E-state index in [1.54, 1.807) is 0 Å². The van der Waals surface area contributed by atoms with Crippen LogP contribution in [-0.2, 0) is 0 Å². The van der Waals surface area contributed by atoms with E-state index >= 15 is 0 Å². The molecule has 0 N–H and O–H groups in total. The van der Waals surface area contributed by atoms with E-state index in [-0.39, 0.29) is 0 Å². The van der Waals surface area contributed by atoms with Crippen molar-refractivity contribution < 1.29 is 8.83 Å². The number of rotatable bonds is 6. The molecule has 3 aromatic heterocycles. The van der Waals surface area contributed by atoms with Crippen LogP contribution < -0.4 is 4.90 Å². The molecule has 0 bridgehead atoms. The number of para-hydroxylation sites is 2. The molecule has 0 radical (unpaired) electrons. The number of hydrogen-bond acceptors (Lipinski definition) is 4. The van der Waals surface area contributed by atoms with E-state index in [0.717, 1.165) is 83.2 Å². The van der Waals surface area contributed by atoms with Gasteiger partial charge in [-0.15, -0.1) is 11.3 Å². The zero-order valence-corrected chi connectivity index (χ0v) is 32.0. The Morgan fingerprint density at radius 3 is 1.69 bits per heavy atom. The fourth-order valence-corrected chi connectivity index (χ4v) is 9.72. The summed E-state index contributed by atoms with van der Waals surface area (Å²) >= 11 is 1.85. The number of nitrogens with zero attached hydrogens (tertiary/aromatic N) is 1. The van der Waals surface area contributed by atoms with Gasteiger partial charge >= 0.3 is 0 Å². The summed E-state index contributed by atoms with van der Waals surface area (Å²) in [4.78, 5) is 2.31. The molecule has 9 aromatic carbocycles. The topological polar surface area (TPSA) is 29.5 Å². The lowest BCUT2D eigenvalue weighted by molar-refractivity contribution is 0.669. The molecule has 4 heteroatoms. The van der Waals surface area contributed by atoms with Crippen molar-refractivity contribution in [1.82, 2.24) is 0 Å². The normalized spacial score (nSPS) is 11.8. The fourth-order valence-electron chi connectivity index (χ4n) is 8.64. The van der Waals surface area contributed by atoms with Crippen molar-refractivity contribution in [3.05, 3.63) is 200 Å². The lowest BCUT2D eigenvalue weighted by Gasteiger charge is -2.26. The van der Waals surface area contributed by atoms with Gasteiger partial charge in [-0.05, 0) is 101 Å². The van der Waals surface area contributed by atoms with E-state index in [4.69, 9.17) is 8.83 Å². The average molecular weight is 760 g/mol. The molecule has 58 heavy (non-hydrogen) atoms. The van der Waals surface area contributed by atoms with Crippen molar-refractivity contribution in [1.29, 1.82) is 0 Å². The minimum atomic E-state index is 0.865. The third-order valence-corrected chi connectivity index (χ3v) is 12.6. The van der Waals surface area contributed by atoms with E-state index in [0.29, 0.717) is 0 Å². The Morgan fingerprint density at radius 1 is 0.310 bits per heavy atom. The van der Waals surface area contributed by atoms with E-state index in [1.807, 2.05) is 29.5 Å². The number of thiophene rings is 1. The smallest absolute Gasteiger partial charge is 0.143 e. The minimum Gasteiger partial charge on any atom is -0.456 e. The van der Waals surface area contributed by atoms with Gasteiger partial charge < -0.3 is 13.7 Å². The summed E-state index contributed by atoms with van der Waals surface area (Å²) < 4.78 is 15.5. The highest BCUT2D eigenvalue weighted by atomic mass is 32.1. The van der Waals surface area contributed by atoms with Crippen molar-refractivity contribution >= 4 is 92.4 Å². The summed E-state index contributed by atoms with van der Waals surface area (Å²) in [6.45, 7) is 0. The maximum absolute atomic E-state index is 6.48. The highest BCUT2D eigenvalue weighted by Crippen LogP contribution is 2.42. The maximum Gasteiger partial charge on any atom is 0.143 e. The first-order valence-corrected chi connectivity index (χ1v) is 20.4. The molecular weight excluding hydrogens is 727 g/mol. The van der Waals surface area contributed by atoms with Gasteiger partial charge in [0.2, 0.25) is 0 Å². The van der Waals surface area contributed by atoms with Crippen LogP contribution in [0.25, 0.3) is 97.4 Å². The Labute approximate surface area is 338 Å². The Kier molecular flexibility index (Phi) is 7.40. The van der Waals surface area contributed by atoms with Gasteiger partial charge in [0, 0.05) is 70.4 Å². The van der Waals surface area contributed by atoms with Gasteiger partial charge in [0.25, 0.3) is 0 Å². The zero-order valence-electron chi connectivity index (χ0n) is 31.2. The van der Waals surface area contributed by atoms with Crippen molar-refractivity contribution in [2.45, 2.75) is 0 Å². The maximum atomic E-state index is 6.48. The van der Waals surface area contributed by atoms with Gasteiger partial charge in [0.15, 0.2) is 0 Å². The molecule has 3 heterocycles. The Hall–Kier alpha value is -7.40. The minimum absolute atomic E-state index is 0.865. The van der Waals surface area contributed by atoms with Crippen LogP contribution in [0, 0.1) is 0 Å². The summed E-state index contributed by atoms with van der Waals surface area (Å²) in [5.74, 6) is 0. The largest absolute Gasteiger partial charge is 0.456 e.